The first kappa shape index (κ1) is 18.5. The highest BCUT2D eigenvalue weighted by molar-refractivity contribution is 5.91. The number of amides is 1. The predicted molar refractivity (Wildman–Crippen MR) is 94.1 cm³/mol. The fraction of sp³-hybridized carbons (Fsp3) is 0.211. The summed E-state index contributed by atoms with van der Waals surface area (Å²) in [6.07, 6.45) is 1.95. The van der Waals surface area contributed by atoms with Crippen molar-refractivity contribution in [3.63, 3.8) is 0 Å². The molecular formula is C19H17F2N3O3. The lowest BCUT2D eigenvalue weighted by molar-refractivity contribution is 0.0902. The fourth-order valence-corrected chi connectivity index (χ4v) is 2.54. The number of halogens is 2. The van der Waals surface area contributed by atoms with Gasteiger partial charge in [-0.3, -0.25) is 9.59 Å². The van der Waals surface area contributed by atoms with Crippen LogP contribution in [0.4, 0.5) is 8.78 Å². The molecule has 2 heterocycles. The largest absolute Gasteiger partial charge is 0.459 e. The molecule has 6 nitrogen and oxygen atoms in total. The second-order valence-corrected chi connectivity index (χ2v) is 5.92. The highest BCUT2D eigenvalue weighted by atomic mass is 19.2. The molecule has 1 amide bonds. The Balaban J connectivity index is 1.81. The maximum atomic E-state index is 13.5. The van der Waals surface area contributed by atoms with Gasteiger partial charge in [-0.1, -0.05) is 6.92 Å². The summed E-state index contributed by atoms with van der Waals surface area (Å²) >= 11 is 0. The molecule has 1 aromatic carbocycles. The lowest BCUT2D eigenvalue weighted by atomic mass is 10.1. The molecule has 0 spiro atoms. The number of rotatable bonds is 6. The summed E-state index contributed by atoms with van der Waals surface area (Å²) in [5.41, 5.74) is 0.295. The molecule has 140 valence electrons. The van der Waals surface area contributed by atoms with E-state index in [-0.39, 0.29) is 23.9 Å². The first-order chi connectivity index (χ1) is 13.0. The molecule has 27 heavy (non-hydrogen) atoms. The van der Waals surface area contributed by atoms with Crippen molar-refractivity contribution in [1.82, 2.24) is 15.1 Å². The molecule has 0 unspecified atom stereocenters. The molecule has 1 atom stereocenters. The van der Waals surface area contributed by atoms with Crippen molar-refractivity contribution in [2.24, 2.45) is 0 Å². The number of carbonyl (C=O) groups is 1. The van der Waals surface area contributed by atoms with Gasteiger partial charge < -0.3 is 9.73 Å². The van der Waals surface area contributed by atoms with Gasteiger partial charge in [0.05, 0.1) is 18.5 Å². The number of furan rings is 1. The van der Waals surface area contributed by atoms with Crippen molar-refractivity contribution < 1.29 is 18.0 Å². The lowest BCUT2D eigenvalue weighted by Crippen LogP contribution is -2.40. The third-order valence-electron chi connectivity index (χ3n) is 4.05. The van der Waals surface area contributed by atoms with Crippen LogP contribution in [0, 0.1) is 11.6 Å². The van der Waals surface area contributed by atoms with Gasteiger partial charge in [0, 0.05) is 17.7 Å². The highest BCUT2D eigenvalue weighted by Gasteiger charge is 2.16. The standard InChI is InChI=1S/C19H17F2N3O3/c1-2-13(22-19(26)17-4-3-9-27-17)11-24-18(25)8-7-16(23-24)12-5-6-14(20)15(21)10-12/h3-10,13H,2,11H2,1H3,(H,22,26)/t13-/m1/s1. The summed E-state index contributed by atoms with van der Waals surface area (Å²) in [7, 11) is 0. The van der Waals surface area contributed by atoms with Crippen LogP contribution >= 0.6 is 0 Å². The van der Waals surface area contributed by atoms with Crippen LogP contribution in [0.25, 0.3) is 11.3 Å². The summed E-state index contributed by atoms with van der Waals surface area (Å²) < 4.78 is 32.8. The van der Waals surface area contributed by atoms with E-state index in [1.165, 1.54) is 35.2 Å². The molecule has 0 saturated heterocycles. The van der Waals surface area contributed by atoms with Crippen molar-refractivity contribution in [3.05, 3.63) is 76.5 Å². The molecule has 3 rings (SSSR count). The number of hydrogen-bond donors (Lipinski definition) is 1. The molecule has 0 aliphatic carbocycles. The Kier molecular flexibility index (Phi) is 5.44. The van der Waals surface area contributed by atoms with Crippen LogP contribution in [0.2, 0.25) is 0 Å². The second-order valence-electron chi connectivity index (χ2n) is 5.92. The van der Waals surface area contributed by atoms with Gasteiger partial charge in [-0.05, 0) is 42.8 Å². The number of hydrogen-bond acceptors (Lipinski definition) is 4. The molecule has 3 aromatic rings. The Morgan fingerprint density at radius 3 is 2.70 bits per heavy atom. The highest BCUT2D eigenvalue weighted by Crippen LogP contribution is 2.18. The predicted octanol–water partition coefficient (Wildman–Crippen LogP) is 2.99. The van der Waals surface area contributed by atoms with E-state index in [4.69, 9.17) is 4.42 Å². The van der Waals surface area contributed by atoms with E-state index in [1.807, 2.05) is 6.92 Å². The first-order valence-corrected chi connectivity index (χ1v) is 8.36. The molecule has 0 fully saturated rings. The molecular weight excluding hydrogens is 356 g/mol. The Morgan fingerprint density at radius 1 is 1.22 bits per heavy atom. The topological polar surface area (TPSA) is 77.1 Å². The van der Waals surface area contributed by atoms with E-state index < -0.39 is 17.5 Å². The quantitative estimate of drug-likeness (QED) is 0.721. The van der Waals surface area contributed by atoms with Crippen LogP contribution in [-0.4, -0.2) is 21.7 Å². The second kappa shape index (κ2) is 7.94. The van der Waals surface area contributed by atoms with E-state index in [9.17, 15) is 18.4 Å². The molecule has 0 saturated carbocycles. The Bertz CT molecular complexity index is 1000. The number of benzene rings is 1. The fourth-order valence-electron chi connectivity index (χ4n) is 2.54. The zero-order chi connectivity index (χ0) is 19.4. The number of carbonyl (C=O) groups excluding carboxylic acids is 1. The summed E-state index contributed by atoms with van der Waals surface area (Å²) in [6, 6.07) is 8.91. The zero-order valence-electron chi connectivity index (χ0n) is 14.5. The molecule has 2 aromatic heterocycles. The molecule has 8 heteroatoms. The zero-order valence-corrected chi connectivity index (χ0v) is 14.5. The maximum Gasteiger partial charge on any atom is 0.287 e. The van der Waals surface area contributed by atoms with E-state index in [0.717, 1.165) is 12.1 Å². The minimum atomic E-state index is -0.996. The molecule has 1 N–H and O–H groups in total. The van der Waals surface area contributed by atoms with Gasteiger partial charge >= 0.3 is 0 Å². The van der Waals surface area contributed by atoms with E-state index >= 15 is 0 Å². The minimum Gasteiger partial charge on any atom is -0.459 e. The Morgan fingerprint density at radius 2 is 2.04 bits per heavy atom. The van der Waals surface area contributed by atoms with Gasteiger partial charge in [-0.25, -0.2) is 13.5 Å². The molecule has 0 aliphatic rings. The maximum absolute atomic E-state index is 13.5. The van der Waals surface area contributed by atoms with Crippen molar-refractivity contribution in [3.8, 4) is 11.3 Å². The van der Waals surface area contributed by atoms with Gasteiger partial charge in [0.1, 0.15) is 0 Å². The van der Waals surface area contributed by atoms with Crippen LogP contribution < -0.4 is 10.9 Å². The van der Waals surface area contributed by atoms with Crippen molar-refractivity contribution in [2.45, 2.75) is 25.9 Å². The minimum absolute atomic E-state index is 0.124. The third-order valence-corrected chi connectivity index (χ3v) is 4.05. The SMILES string of the molecule is CC[C@H](Cn1nc(-c2ccc(F)c(F)c2)ccc1=O)NC(=O)c1ccco1. The molecule has 0 bridgehead atoms. The summed E-state index contributed by atoms with van der Waals surface area (Å²) in [6.45, 7) is 1.98. The Hall–Kier alpha value is -3.29. The normalized spacial score (nSPS) is 12.0. The van der Waals surface area contributed by atoms with Gasteiger partial charge in [-0.15, -0.1) is 0 Å². The van der Waals surface area contributed by atoms with Gasteiger partial charge in [0.25, 0.3) is 11.5 Å². The van der Waals surface area contributed by atoms with Gasteiger partial charge in [0.15, 0.2) is 17.4 Å². The van der Waals surface area contributed by atoms with E-state index in [0.29, 0.717) is 17.7 Å². The monoisotopic (exact) mass is 373 g/mol. The summed E-state index contributed by atoms with van der Waals surface area (Å²) in [5, 5.41) is 6.99. The number of nitrogens with zero attached hydrogens (tertiary/aromatic N) is 2. The average Bonchev–Trinajstić information content (AvgIpc) is 3.20. The summed E-state index contributed by atoms with van der Waals surface area (Å²) in [5.74, 6) is -2.18. The summed E-state index contributed by atoms with van der Waals surface area (Å²) in [4.78, 5) is 24.2. The van der Waals surface area contributed by atoms with Crippen molar-refractivity contribution >= 4 is 5.91 Å². The number of nitrogens with one attached hydrogen (secondary N) is 1. The van der Waals surface area contributed by atoms with Crippen LogP contribution in [0.15, 0.2) is 57.9 Å². The van der Waals surface area contributed by atoms with Crippen LogP contribution in [0.5, 0.6) is 0 Å². The number of aromatic nitrogens is 2. The average molecular weight is 373 g/mol. The molecule has 0 radical (unpaired) electrons. The van der Waals surface area contributed by atoms with Gasteiger partial charge in [0.2, 0.25) is 0 Å². The van der Waals surface area contributed by atoms with Crippen LogP contribution in [0.1, 0.15) is 23.9 Å². The third kappa shape index (κ3) is 4.28. The van der Waals surface area contributed by atoms with E-state index in [2.05, 4.69) is 10.4 Å². The lowest BCUT2D eigenvalue weighted by Gasteiger charge is -2.17. The van der Waals surface area contributed by atoms with Gasteiger partial charge in [-0.2, -0.15) is 5.10 Å². The molecule has 0 aliphatic heterocycles. The van der Waals surface area contributed by atoms with Crippen LogP contribution in [0.3, 0.4) is 0 Å². The van der Waals surface area contributed by atoms with Crippen molar-refractivity contribution in [2.75, 3.05) is 0 Å². The smallest absolute Gasteiger partial charge is 0.287 e. The van der Waals surface area contributed by atoms with E-state index in [1.54, 1.807) is 6.07 Å². The first-order valence-electron chi connectivity index (χ1n) is 8.36. The Labute approximate surface area is 153 Å². The van der Waals surface area contributed by atoms with Crippen molar-refractivity contribution in [1.29, 1.82) is 0 Å². The van der Waals surface area contributed by atoms with Crippen LogP contribution in [-0.2, 0) is 6.54 Å².